The first-order valence-corrected chi connectivity index (χ1v) is 19.6. The van der Waals surface area contributed by atoms with Crippen molar-refractivity contribution in [3.63, 3.8) is 0 Å². The van der Waals surface area contributed by atoms with Crippen LogP contribution in [-0.2, 0) is 18.7 Å². The van der Waals surface area contributed by atoms with Crippen molar-refractivity contribution < 1.29 is 18.7 Å². The fourth-order valence-corrected chi connectivity index (χ4v) is 11.2. The monoisotopic (exact) mass is 572 g/mol. The molecule has 0 bridgehead atoms. The summed E-state index contributed by atoms with van der Waals surface area (Å²) in [5.41, 5.74) is 1.98. The molecule has 3 saturated carbocycles. The number of allylic oxidation sites excluding steroid dienone is 1. The quantitative estimate of drug-likeness (QED) is 0.226. The third-order valence-electron chi connectivity index (χ3n) is 13.3. The smallest absolute Gasteiger partial charge is 0.192 e. The number of rotatable bonds is 7. The third-order valence-corrected chi connectivity index (χ3v) is 17.8. The van der Waals surface area contributed by atoms with Gasteiger partial charge in [-0.3, -0.25) is 4.79 Å². The molecule has 0 N–H and O–H groups in total. The van der Waals surface area contributed by atoms with Gasteiger partial charge in [0.25, 0.3) is 0 Å². The Kier molecular flexibility index (Phi) is 8.20. The van der Waals surface area contributed by atoms with Gasteiger partial charge in [-0.05, 0) is 97.6 Å². The molecule has 1 saturated heterocycles. The van der Waals surface area contributed by atoms with Crippen LogP contribution in [0.3, 0.4) is 0 Å². The van der Waals surface area contributed by atoms with Crippen LogP contribution >= 0.6 is 0 Å². The van der Waals surface area contributed by atoms with Gasteiger partial charge in [-0.15, -0.1) is 0 Å². The predicted octanol–water partition coefficient (Wildman–Crippen LogP) is 8.95. The van der Waals surface area contributed by atoms with Crippen LogP contribution in [-0.4, -0.2) is 39.2 Å². The first-order chi connectivity index (χ1) is 18.5. The zero-order valence-corrected chi connectivity index (χ0v) is 28.5. The van der Waals surface area contributed by atoms with E-state index in [1.54, 1.807) is 5.57 Å². The molecule has 4 aliphatic carbocycles. The van der Waals surface area contributed by atoms with E-state index in [0.29, 0.717) is 48.8 Å². The van der Waals surface area contributed by atoms with Gasteiger partial charge in [0.15, 0.2) is 14.1 Å². The van der Waals surface area contributed by atoms with Crippen LogP contribution in [0.2, 0.25) is 18.1 Å². The number of fused-ring (bicyclic) bond motifs is 5. The van der Waals surface area contributed by atoms with Crippen molar-refractivity contribution in [3.8, 4) is 0 Å². The van der Waals surface area contributed by atoms with E-state index in [1.165, 1.54) is 19.3 Å². The SMILES string of the molecule is CC(C)CCC1([C@@H](C)[C@H]2C(=O)C[C@H]3[C@@H]4CC=C5C[C@@H](O[Si](C)(C)C(C)(C)C)CC[C@]5(C)[C@H]4CC[C@]23C)OCCO1. The fourth-order valence-electron chi connectivity index (χ4n) is 9.85. The topological polar surface area (TPSA) is 44.8 Å². The summed E-state index contributed by atoms with van der Waals surface area (Å²) in [4.78, 5) is 14.0. The highest BCUT2D eigenvalue weighted by molar-refractivity contribution is 6.74. The Balaban J connectivity index is 1.35. The summed E-state index contributed by atoms with van der Waals surface area (Å²) in [6.45, 7) is 25.0. The largest absolute Gasteiger partial charge is 0.414 e. The highest BCUT2D eigenvalue weighted by atomic mass is 28.4. The summed E-state index contributed by atoms with van der Waals surface area (Å²) in [6, 6.07) is 0. The van der Waals surface area contributed by atoms with Gasteiger partial charge in [-0.25, -0.2) is 0 Å². The van der Waals surface area contributed by atoms with Crippen LogP contribution in [0.4, 0.5) is 0 Å². The Morgan fingerprint density at radius 2 is 1.70 bits per heavy atom. The van der Waals surface area contributed by atoms with Gasteiger partial charge in [-0.2, -0.15) is 0 Å². The second kappa shape index (κ2) is 10.6. The van der Waals surface area contributed by atoms with E-state index in [1.807, 2.05) is 0 Å². The normalized spacial score (nSPS) is 40.4. The van der Waals surface area contributed by atoms with Crippen molar-refractivity contribution >= 4 is 14.1 Å². The Morgan fingerprint density at radius 3 is 2.33 bits per heavy atom. The summed E-state index contributed by atoms with van der Waals surface area (Å²) in [7, 11) is -1.78. The van der Waals surface area contributed by atoms with Crippen molar-refractivity contribution in [3.05, 3.63) is 11.6 Å². The lowest BCUT2D eigenvalue weighted by Crippen LogP contribution is -2.53. The number of ketones is 1. The van der Waals surface area contributed by atoms with Gasteiger partial charge < -0.3 is 13.9 Å². The van der Waals surface area contributed by atoms with Crippen molar-refractivity contribution in [2.24, 2.45) is 46.3 Å². The van der Waals surface area contributed by atoms with Crippen LogP contribution in [0.15, 0.2) is 11.6 Å². The third kappa shape index (κ3) is 5.05. The number of Topliss-reactive ketones (excluding diaryl/α,β-unsaturated/α-hetero) is 1. The summed E-state index contributed by atoms with van der Waals surface area (Å²) < 4.78 is 19.7. The molecule has 0 amide bonds. The van der Waals surface area contributed by atoms with Gasteiger partial charge in [0.2, 0.25) is 0 Å². The summed E-state index contributed by atoms with van der Waals surface area (Å²) in [5, 5.41) is 0.248. The standard InChI is InChI=1S/C35H60O4Si/c1-23(2)13-18-35(37-19-20-38-35)24(3)31-30(36)22-29-27-12-11-25-21-26(39-40(9,10)32(4,5)6)14-16-33(25,7)28(27)15-17-34(29,31)8/h11,23-24,26-29,31H,12-22H2,1-10H3/t24-,26-,27+,28-,29-,31-,33-,34-/m0/s1. The molecule has 5 rings (SSSR count). The van der Waals surface area contributed by atoms with Crippen LogP contribution < -0.4 is 0 Å². The van der Waals surface area contributed by atoms with Crippen molar-refractivity contribution in [1.82, 2.24) is 0 Å². The van der Waals surface area contributed by atoms with E-state index in [0.717, 1.165) is 38.5 Å². The van der Waals surface area contributed by atoms with Crippen LogP contribution in [0, 0.1) is 46.3 Å². The van der Waals surface area contributed by atoms with Crippen LogP contribution in [0.5, 0.6) is 0 Å². The Morgan fingerprint density at radius 1 is 1.02 bits per heavy atom. The molecule has 0 unspecified atom stereocenters. The molecule has 5 aliphatic rings. The molecule has 0 aromatic heterocycles. The van der Waals surface area contributed by atoms with Crippen molar-refractivity contribution in [2.45, 2.75) is 143 Å². The van der Waals surface area contributed by atoms with Crippen LogP contribution in [0.1, 0.15) is 113 Å². The first kappa shape index (κ1) is 30.9. The van der Waals surface area contributed by atoms with Crippen molar-refractivity contribution in [2.75, 3.05) is 13.2 Å². The molecule has 1 aliphatic heterocycles. The van der Waals surface area contributed by atoms with Gasteiger partial charge in [0, 0.05) is 30.8 Å². The first-order valence-electron chi connectivity index (χ1n) is 16.7. The number of carbonyl (C=O) groups excluding carboxylic acids is 1. The molecular formula is C35H60O4Si. The highest BCUT2D eigenvalue weighted by Crippen LogP contribution is 2.67. The lowest BCUT2D eigenvalue weighted by molar-refractivity contribution is -0.219. The van der Waals surface area contributed by atoms with Crippen LogP contribution in [0.25, 0.3) is 0 Å². The molecule has 40 heavy (non-hydrogen) atoms. The molecule has 0 aromatic rings. The molecule has 4 fully saturated rings. The minimum Gasteiger partial charge on any atom is -0.414 e. The summed E-state index contributed by atoms with van der Waals surface area (Å²) in [6.07, 6.45) is 12.8. The molecule has 8 atom stereocenters. The zero-order chi connectivity index (χ0) is 29.3. The maximum absolute atomic E-state index is 14.0. The maximum Gasteiger partial charge on any atom is 0.192 e. The molecule has 5 heteroatoms. The maximum atomic E-state index is 14.0. The highest BCUT2D eigenvalue weighted by Gasteiger charge is 2.64. The molecule has 228 valence electrons. The minimum atomic E-state index is -1.78. The fraction of sp³-hybridized carbons (Fsp3) is 0.914. The lowest BCUT2D eigenvalue weighted by Gasteiger charge is -2.59. The molecule has 0 aromatic carbocycles. The minimum absolute atomic E-state index is 0.0376. The van der Waals surface area contributed by atoms with Crippen molar-refractivity contribution in [1.29, 1.82) is 0 Å². The number of ether oxygens (including phenoxy) is 2. The zero-order valence-electron chi connectivity index (χ0n) is 27.5. The Labute approximate surface area is 246 Å². The number of carbonyl (C=O) groups is 1. The summed E-state index contributed by atoms with van der Waals surface area (Å²) >= 11 is 0. The van der Waals surface area contributed by atoms with E-state index in [4.69, 9.17) is 13.9 Å². The van der Waals surface area contributed by atoms with Gasteiger partial charge in [0.1, 0.15) is 5.78 Å². The summed E-state index contributed by atoms with van der Waals surface area (Å²) in [5.74, 6) is 2.41. The second-order valence-electron chi connectivity index (χ2n) is 16.9. The molecule has 0 spiro atoms. The lowest BCUT2D eigenvalue weighted by atomic mass is 9.47. The average Bonchev–Trinajstić information content (AvgIpc) is 3.44. The number of hydrogen-bond acceptors (Lipinski definition) is 4. The number of hydrogen-bond donors (Lipinski definition) is 0. The van der Waals surface area contributed by atoms with Gasteiger partial charge in [0.05, 0.1) is 13.2 Å². The Bertz CT molecular complexity index is 988. The van der Waals surface area contributed by atoms with E-state index in [2.05, 4.69) is 74.6 Å². The van der Waals surface area contributed by atoms with Gasteiger partial charge in [-0.1, -0.05) is 67.0 Å². The van der Waals surface area contributed by atoms with E-state index in [-0.39, 0.29) is 27.7 Å². The molecule has 1 heterocycles. The van der Waals surface area contributed by atoms with E-state index >= 15 is 0 Å². The Hall–Kier alpha value is -0.493. The molecular weight excluding hydrogens is 512 g/mol. The van der Waals surface area contributed by atoms with Gasteiger partial charge >= 0.3 is 0 Å². The predicted molar refractivity (Wildman–Crippen MR) is 166 cm³/mol. The molecule has 4 nitrogen and oxygen atoms in total. The average molecular weight is 573 g/mol. The molecule has 0 radical (unpaired) electrons. The van der Waals surface area contributed by atoms with E-state index in [9.17, 15) is 4.79 Å². The van der Waals surface area contributed by atoms with E-state index < -0.39 is 14.1 Å². The second-order valence-corrected chi connectivity index (χ2v) is 21.7.